The molecule has 2 rings (SSSR count). The molecule has 4 N–H and O–H groups in total. The molecular formula is C12H17N5O2S. The van der Waals surface area contributed by atoms with Gasteiger partial charge in [0.05, 0.1) is 11.8 Å². The van der Waals surface area contributed by atoms with Crippen LogP contribution >= 0.6 is 0 Å². The van der Waals surface area contributed by atoms with Crippen LogP contribution in [0, 0.1) is 0 Å². The van der Waals surface area contributed by atoms with Crippen molar-refractivity contribution in [1.29, 1.82) is 0 Å². The first-order valence-electron chi connectivity index (χ1n) is 6.14. The van der Waals surface area contributed by atoms with Crippen molar-refractivity contribution in [2.75, 3.05) is 30.4 Å². The highest BCUT2D eigenvalue weighted by atomic mass is 32.2. The third kappa shape index (κ3) is 4.04. The monoisotopic (exact) mass is 295 g/mol. The smallest absolute Gasteiger partial charge is 0.208 e. The summed E-state index contributed by atoms with van der Waals surface area (Å²) in [5.41, 5.74) is 7.22. The number of nitrogens with two attached hydrogens (primary N) is 1. The molecule has 0 radical (unpaired) electrons. The maximum absolute atomic E-state index is 10.9. The normalized spacial score (nSPS) is 11.7. The molecule has 0 aliphatic carbocycles. The van der Waals surface area contributed by atoms with Crippen LogP contribution in [0.15, 0.2) is 24.5 Å². The fraction of sp³-hybridized carbons (Fsp3) is 0.333. The number of rotatable bonds is 6. The van der Waals surface area contributed by atoms with Gasteiger partial charge in [0.25, 0.3) is 0 Å². The number of anilines is 2. The van der Waals surface area contributed by atoms with Crippen LogP contribution in [0.3, 0.4) is 0 Å². The Morgan fingerprint density at radius 3 is 2.80 bits per heavy atom. The Morgan fingerprint density at radius 2 is 2.05 bits per heavy atom. The molecular weight excluding hydrogens is 278 g/mol. The molecule has 0 spiro atoms. The van der Waals surface area contributed by atoms with E-state index in [1.54, 1.807) is 6.07 Å². The average molecular weight is 295 g/mol. The van der Waals surface area contributed by atoms with E-state index in [1.807, 2.05) is 12.1 Å². The highest BCUT2D eigenvalue weighted by Crippen LogP contribution is 2.21. The van der Waals surface area contributed by atoms with Crippen LogP contribution in [-0.4, -0.2) is 37.7 Å². The summed E-state index contributed by atoms with van der Waals surface area (Å²) in [6, 6.07) is 5.43. The Hall–Kier alpha value is -1.93. The number of hydrogen-bond acceptors (Lipinski definition) is 6. The van der Waals surface area contributed by atoms with E-state index < -0.39 is 10.0 Å². The minimum absolute atomic E-state index is 0.386. The van der Waals surface area contributed by atoms with Gasteiger partial charge in [0.2, 0.25) is 10.0 Å². The van der Waals surface area contributed by atoms with E-state index in [0.29, 0.717) is 31.0 Å². The number of aromatic nitrogens is 2. The van der Waals surface area contributed by atoms with Crippen LogP contribution in [0.25, 0.3) is 10.9 Å². The predicted octanol–water partition coefficient (Wildman–Crippen LogP) is 0.563. The molecule has 0 saturated heterocycles. The lowest BCUT2D eigenvalue weighted by Crippen LogP contribution is -2.24. The zero-order valence-corrected chi connectivity index (χ0v) is 11.9. The van der Waals surface area contributed by atoms with Gasteiger partial charge >= 0.3 is 0 Å². The molecule has 0 aliphatic rings. The lowest BCUT2D eigenvalue weighted by Gasteiger charge is -2.08. The van der Waals surface area contributed by atoms with Crippen molar-refractivity contribution in [2.45, 2.75) is 6.42 Å². The lowest BCUT2D eigenvalue weighted by molar-refractivity contribution is 0.586. The van der Waals surface area contributed by atoms with Crippen LogP contribution in [0.2, 0.25) is 0 Å². The van der Waals surface area contributed by atoms with E-state index in [0.717, 1.165) is 17.2 Å². The van der Waals surface area contributed by atoms with Crippen LogP contribution in [-0.2, 0) is 10.0 Å². The van der Waals surface area contributed by atoms with Gasteiger partial charge in [-0.2, -0.15) is 0 Å². The second-order valence-corrected chi connectivity index (χ2v) is 6.28. The van der Waals surface area contributed by atoms with Crippen molar-refractivity contribution >= 4 is 32.4 Å². The third-order valence-electron chi connectivity index (χ3n) is 2.67. The summed E-state index contributed by atoms with van der Waals surface area (Å²) in [6.07, 6.45) is 3.28. The summed E-state index contributed by atoms with van der Waals surface area (Å²) in [4.78, 5) is 8.34. The van der Waals surface area contributed by atoms with Crippen LogP contribution in [0.5, 0.6) is 0 Å². The second kappa shape index (κ2) is 6.02. The number of hydrogen-bond donors (Lipinski definition) is 3. The molecule has 0 unspecified atom stereocenters. The minimum atomic E-state index is -3.13. The summed E-state index contributed by atoms with van der Waals surface area (Å²) in [6.45, 7) is 0.987. The number of benzene rings is 1. The zero-order chi connectivity index (χ0) is 14.6. The maximum atomic E-state index is 10.9. The minimum Gasteiger partial charge on any atom is -0.399 e. The van der Waals surface area contributed by atoms with Crippen LogP contribution < -0.4 is 15.8 Å². The Kier molecular flexibility index (Phi) is 4.35. The van der Waals surface area contributed by atoms with E-state index >= 15 is 0 Å². The van der Waals surface area contributed by atoms with Gasteiger partial charge in [-0.05, 0) is 24.6 Å². The van der Waals surface area contributed by atoms with Gasteiger partial charge in [-0.25, -0.2) is 23.1 Å². The second-order valence-electron chi connectivity index (χ2n) is 4.45. The van der Waals surface area contributed by atoms with Crippen molar-refractivity contribution in [3.63, 3.8) is 0 Å². The largest absolute Gasteiger partial charge is 0.399 e. The fourth-order valence-electron chi connectivity index (χ4n) is 1.77. The van der Waals surface area contributed by atoms with E-state index in [2.05, 4.69) is 20.0 Å². The average Bonchev–Trinajstić information content (AvgIpc) is 2.37. The molecule has 1 aromatic carbocycles. The highest BCUT2D eigenvalue weighted by molar-refractivity contribution is 7.88. The van der Waals surface area contributed by atoms with E-state index in [1.165, 1.54) is 6.33 Å². The summed E-state index contributed by atoms with van der Waals surface area (Å²) < 4.78 is 24.3. The van der Waals surface area contributed by atoms with E-state index in [9.17, 15) is 8.42 Å². The van der Waals surface area contributed by atoms with Gasteiger partial charge < -0.3 is 11.1 Å². The van der Waals surface area contributed by atoms with Gasteiger partial charge in [-0.15, -0.1) is 0 Å². The summed E-state index contributed by atoms with van der Waals surface area (Å²) in [7, 11) is -3.13. The molecule has 0 atom stereocenters. The molecule has 0 amide bonds. The Bertz CT molecular complexity index is 702. The molecule has 1 heterocycles. The van der Waals surface area contributed by atoms with Gasteiger partial charge in [-0.3, -0.25) is 0 Å². The molecule has 1 aromatic heterocycles. The predicted molar refractivity (Wildman–Crippen MR) is 79.9 cm³/mol. The van der Waals surface area contributed by atoms with E-state index in [4.69, 9.17) is 5.73 Å². The fourth-order valence-corrected chi connectivity index (χ4v) is 2.28. The molecule has 0 bridgehead atoms. The van der Waals surface area contributed by atoms with Crippen LogP contribution in [0.4, 0.5) is 11.5 Å². The van der Waals surface area contributed by atoms with Crippen molar-refractivity contribution in [3.05, 3.63) is 24.5 Å². The Labute approximate surface area is 117 Å². The maximum Gasteiger partial charge on any atom is 0.208 e. The number of sulfonamides is 1. The van der Waals surface area contributed by atoms with Gasteiger partial charge in [0, 0.05) is 24.2 Å². The van der Waals surface area contributed by atoms with Gasteiger partial charge in [0.1, 0.15) is 12.1 Å². The number of nitrogens with one attached hydrogen (secondary N) is 2. The van der Waals surface area contributed by atoms with Crippen molar-refractivity contribution < 1.29 is 8.42 Å². The first-order chi connectivity index (χ1) is 9.46. The highest BCUT2D eigenvalue weighted by Gasteiger charge is 2.04. The van der Waals surface area contributed by atoms with Crippen molar-refractivity contribution in [1.82, 2.24) is 14.7 Å². The molecule has 0 aliphatic heterocycles. The summed E-state index contributed by atoms with van der Waals surface area (Å²) >= 11 is 0. The SMILES string of the molecule is CS(=O)(=O)NCCCNc1ncnc2ccc(N)cc12. The van der Waals surface area contributed by atoms with Gasteiger partial charge in [0.15, 0.2) is 0 Å². The van der Waals surface area contributed by atoms with Crippen molar-refractivity contribution in [3.8, 4) is 0 Å². The summed E-state index contributed by atoms with van der Waals surface area (Å²) in [5.74, 6) is 0.696. The molecule has 0 saturated carbocycles. The molecule has 0 fully saturated rings. The molecule has 2 aromatic rings. The standard InChI is InChI=1S/C12H17N5O2S/c1-20(18,19)17-6-2-5-14-12-10-7-9(13)3-4-11(10)15-8-16-12/h3-4,7-8,17H,2,5-6,13H2,1H3,(H,14,15,16). The number of nitrogen functional groups attached to an aromatic ring is 1. The molecule has 8 heteroatoms. The summed E-state index contributed by atoms with van der Waals surface area (Å²) in [5, 5.41) is 4.01. The molecule has 7 nitrogen and oxygen atoms in total. The Balaban J connectivity index is 1.98. The first kappa shape index (κ1) is 14.5. The van der Waals surface area contributed by atoms with Gasteiger partial charge in [-0.1, -0.05) is 0 Å². The topological polar surface area (TPSA) is 110 Å². The molecule has 108 valence electrons. The lowest BCUT2D eigenvalue weighted by atomic mass is 10.2. The number of fused-ring (bicyclic) bond motifs is 1. The van der Waals surface area contributed by atoms with Crippen molar-refractivity contribution in [2.24, 2.45) is 0 Å². The quantitative estimate of drug-likeness (QED) is 0.530. The third-order valence-corrected chi connectivity index (χ3v) is 3.40. The number of nitrogens with zero attached hydrogens (tertiary/aromatic N) is 2. The van der Waals surface area contributed by atoms with Crippen LogP contribution in [0.1, 0.15) is 6.42 Å². The van der Waals surface area contributed by atoms with E-state index in [-0.39, 0.29) is 0 Å². The Morgan fingerprint density at radius 1 is 1.25 bits per heavy atom. The molecule has 20 heavy (non-hydrogen) atoms. The first-order valence-corrected chi connectivity index (χ1v) is 8.03. The zero-order valence-electron chi connectivity index (χ0n) is 11.1.